The maximum Gasteiger partial charge on any atom is 0.0702 e. The van der Waals surface area contributed by atoms with E-state index in [4.69, 9.17) is 0 Å². The minimum Gasteiger partial charge on any atom is -0.256 e. The lowest BCUT2D eigenvalue weighted by atomic mass is 10.1. The smallest absolute Gasteiger partial charge is 0.0702 e. The van der Waals surface area contributed by atoms with Crippen LogP contribution in [0.3, 0.4) is 0 Å². The summed E-state index contributed by atoms with van der Waals surface area (Å²) in [6, 6.07) is 10.3. The van der Waals surface area contributed by atoms with Gasteiger partial charge in [-0.3, -0.25) is 4.98 Å². The molecule has 1 heteroatoms. The standard InChI is InChI=1S/C10H9N.C3H8.C2H6/c1-8-4-5-10-9(7-8)3-2-6-11-10;1-3-2;1-2/h2-7H,1H3;3H2,1-2H3;1-2H3. The first kappa shape index (κ1) is 14.6. The second-order valence-corrected chi connectivity index (χ2v) is 3.41. The Balaban J connectivity index is 0.000000394. The number of hydrogen-bond donors (Lipinski definition) is 0. The highest BCUT2D eigenvalue weighted by Gasteiger charge is 1.90. The quantitative estimate of drug-likeness (QED) is 0.606. The average Bonchev–Trinajstić information content (AvgIpc) is 2.32. The average molecular weight is 217 g/mol. The first-order valence-electron chi connectivity index (χ1n) is 6.09. The van der Waals surface area contributed by atoms with Gasteiger partial charge in [-0.2, -0.15) is 0 Å². The highest BCUT2D eigenvalue weighted by atomic mass is 14.6. The summed E-state index contributed by atoms with van der Waals surface area (Å²) < 4.78 is 0. The Morgan fingerprint density at radius 2 is 1.69 bits per heavy atom. The van der Waals surface area contributed by atoms with Crippen molar-refractivity contribution < 1.29 is 0 Å². The molecule has 0 aliphatic carbocycles. The molecule has 0 spiro atoms. The lowest BCUT2D eigenvalue weighted by Crippen LogP contribution is -1.77. The van der Waals surface area contributed by atoms with Crippen molar-refractivity contribution in [3.05, 3.63) is 42.1 Å². The molecule has 0 atom stereocenters. The Kier molecular flexibility index (Phi) is 8.14. The van der Waals surface area contributed by atoms with Crippen molar-refractivity contribution in [1.29, 1.82) is 0 Å². The van der Waals surface area contributed by atoms with Crippen molar-refractivity contribution in [2.45, 2.75) is 41.0 Å². The molecule has 1 aromatic heterocycles. The summed E-state index contributed by atoms with van der Waals surface area (Å²) in [6.07, 6.45) is 3.07. The fourth-order valence-corrected chi connectivity index (χ4v) is 1.20. The van der Waals surface area contributed by atoms with Gasteiger partial charge in [-0.1, -0.05) is 51.8 Å². The minimum atomic E-state index is 1.07. The van der Waals surface area contributed by atoms with Crippen molar-refractivity contribution in [2.24, 2.45) is 0 Å². The minimum absolute atomic E-state index is 1.07. The summed E-state index contributed by atoms with van der Waals surface area (Å²) in [5, 5.41) is 1.22. The van der Waals surface area contributed by atoms with Crippen molar-refractivity contribution in [3.63, 3.8) is 0 Å². The summed E-state index contributed by atoms with van der Waals surface area (Å²) in [5.41, 5.74) is 2.35. The summed E-state index contributed by atoms with van der Waals surface area (Å²) in [4.78, 5) is 4.22. The van der Waals surface area contributed by atoms with Crippen LogP contribution in [0.1, 0.15) is 39.7 Å². The van der Waals surface area contributed by atoms with Gasteiger partial charge < -0.3 is 0 Å². The first-order valence-corrected chi connectivity index (χ1v) is 6.09. The SMILES string of the molecule is CC.CCC.Cc1ccc2ncccc2c1. The molecule has 2 rings (SSSR count). The predicted molar refractivity (Wildman–Crippen MR) is 73.8 cm³/mol. The third-order valence-electron chi connectivity index (χ3n) is 1.76. The number of pyridine rings is 1. The summed E-state index contributed by atoms with van der Waals surface area (Å²) in [7, 11) is 0. The van der Waals surface area contributed by atoms with Gasteiger partial charge in [-0.25, -0.2) is 0 Å². The van der Waals surface area contributed by atoms with E-state index in [1.54, 1.807) is 0 Å². The lowest BCUT2D eigenvalue weighted by molar-refractivity contribution is 1.09. The zero-order valence-electron chi connectivity index (χ0n) is 11.1. The molecule has 1 aromatic carbocycles. The molecule has 0 saturated carbocycles. The van der Waals surface area contributed by atoms with Crippen LogP contribution in [0.2, 0.25) is 0 Å². The largest absolute Gasteiger partial charge is 0.256 e. The maximum atomic E-state index is 4.22. The van der Waals surface area contributed by atoms with Crippen LogP contribution >= 0.6 is 0 Å². The van der Waals surface area contributed by atoms with E-state index in [1.165, 1.54) is 17.4 Å². The van der Waals surface area contributed by atoms with Crippen LogP contribution in [-0.4, -0.2) is 4.98 Å². The van der Waals surface area contributed by atoms with Crippen LogP contribution in [0.5, 0.6) is 0 Å². The van der Waals surface area contributed by atoms with E-state index in [2.05, 4.69) is 44.0 Å². The van der Waals surface area contributed by atoms with Crippen molar-refractivity contribution >= 4 is 10.9 Å². The molecule has 0 bridgehead atoms. The number of hydrogen-bond acceptors (Lipinski definition) is 1. The molecular formula is C15H23N. The van der Waals surface area contributed by atoms with Gasteiger partial charge in [0.2, 0.25) is 0 Å². The van der Waals surface area contributed by atoms with Gasteiger partial charge >= 0.3 is 0 Å². The zero-order valence-corrected chi connectivity index (χ0v) is 11.1. The van der Waals surface area contributed by atoms with Gasteiger partial charge in [0.1, 0.15) is 0 Å². The number of aromatic nitrogens is 1. The molecule has 0 saturated heterocycles. The molecule has 0 amide bonds. The molecular weight excluding hydrogens is 194 g/mol. The Hall–Kier alpha value is -1.37. The number of benzene rings is 1. The molecule has 88 valence electrons. The number of fused-ring (bicyclic) bond motifs is 1. The lowest BCUT2D eigenvalue weighted by Gasteiger charge is -1.95. The Morgan fingerprint density at radius 1 is 1.06 bits per heavy atom. The van der Waals surface area contributed by atoms with E-state index in [-0.39, 0.29) is 0 Å². The predicted octanol–water partition coefficient (Wildman–Crippen LogP) is 4.99. The van der Waals surface area contributed by atoms with Crippen LogP contribution in [-0.2, 0) is 0 Å². The monoisotopic (exact) mass is 217 g/mol. The third-order valence-corrected chi connectivity index (χ3v) is 1.76. The van der Waals surface area contributed by atoms with Crippen LogP contribution < -0.4 is 0 Å². The van der Waals surface area contributed by atoms with Gasteiger partial charge in [-0.05, 0) is 25.1 Å². The van der Waals surface area contributed by atoms with Crippen LogP contribution in [0, 0.1) is 6.92 Å². The fourth-order valence-electron chi connectivity index (χ4n) is 1.20. The second kappa shape index (κ2) is 8.90. The molecule has 0 N–H and O–H groups in total. The molecule has 16 heavy (non-hydrogen) atoms. The summed E-state index contributed by atoms with van der Waals surface area (Å²) in [6.45, 7) is 10.3. The molecule has 2 aromatic rings. The molecule has 0 aliphatic rings. The third kappa shape index (κ3) is 4.92. The number of aryl methyl sites for hydroxylation is 1. The van der Waals surface area contributed by atoms with Crippen LogP contribution in [0.15, 0.2) is 36.5 Å². The molecule has 0 aliphatic heterocycles. The van der Waals surface area contributed by atoms with Crippen molar-refractivity contribution in [3.8, 4) is 0 Å². The van der Waals surface area contributed by atoms with E-state index >= 15 is 0 Å². The van der Waals surface area contributed by atoms with E-state index in [0.29, 0.717) is 0 Å². The van der Waals surface area contributed by atoms with E-state index < -0.39 is 0 Å². The zero-order chi connectivity index (χ0) is 12.4. The topological polar surface area (TPSA) is 12.9 Å². The summed E-state index contributed by atoms with van der Waals surface area (Å²) in [5.74, 6) is 0. The highest BCUT2D eigenvalue weighted by Crippen LogP contribution is 2.11. The van der Waals surface area contributed by atoms with Gasteiger partial charge in [0.25, 0.3) is 0 Å². The van der Waals surface area contributed by atoms with E-state index in [1.807, 2.05) is 32.2 Å². The van der Waals surface area contributed by atoms with Gasteiger partial charge in [0.05, 0.1) is 5.52 Å². The highest BCUT2D eigenvalue weighted by molar-refractivity contribution is 5.78. The van der Waals surface area contributed by atoms with Gasteiger partial charge in [-0.15, -0.1) is 0 Å². The van der Waals surface area contributed by atoms with Crippen LogP contribution in [0.4, 0.5) is 0 Å². The molecule has 1 nitrogen and oxygen atoms in total. The molecule has 0 fully saturated rings. The van der Waals surface area contributed by atoms with Crippen molar-refractivity contribution in [1.82, 2.24) is 4.98 Å². The Morgan fingerprint density at radius 3 is 2.31 bits per heavy atom. The summed E-state index contributed by atoms with van der Waals surface area (Å²) >= 11 is 0. The molecule has 0 unspecified atom stereocenters. The maximum absolute atomic E-state index is 4.22. The molecule has 0 radical (unpaired) electrons. The van der Waals surface area contributed by atoms with Crippen molar-refractivity contribution in [2.75, 3.05) is 0 Å². The number of rotatable bonds is 0. The molecule has 1 heterocycles. The van der Waals surface area contributed by atoms with Gasteiger partial charge in [0.15, 0.2) is 0 Å². The normalized spacial score (nSPS) is 8.56. The van der Waals surface area contributed by atoms with E-state index in [0.717, 1.165) is 5.52 Å². The fraction of sp³-hybridized carbons (Fsp3) is 0.400. The van der Waals surface area contributed by atoms with Gasteiger partial charge in [0, 0.05) is 11.6 Å². The Labute approximate surface area is 99.5 Å². The van der Waals surface area contributed by atoms with Crippen LogP contribution in [0.25, 0.3) is 10.9 Å². The first-order chi connectivity index (χ1) is 7.77. The Bertz CT molecular complexity index is 393. The van der Waals surface area contributed by atoms with E-state index in [9.17, 15) is 0 Å². The number of nitrogens with zero attached hydrogens (tertiary/aromatic N) is 1. The second-order valence-electron chi connectivity index (χ2n) is 3.41.